The first kappa shape index (κ1) is 9.38. The Morgan fingerprint density at radius 1 is 1.58 bits per heavy atom. The number of pyridine rings is 1. The summed E-state index contributed by atoms with van der Waals surface area (Å²) in [4.78, 5) is 10.9. The zero-order valence-electron chi connectivity index (χ0n) is 6.22. The molecule has 0 aliphatic rings. The highest BCUT2D eigenvalue weighted by Crippen LogP contribution is 2.15. The van der Waals surface area contributed by atoms with Crippen LogP contribution in [-0.2, 0) is 0 Å². The van der Waals surface area contributed by atoms with Crippen molar-refractivity contribution in [2.75, 3.05) is 0 Å². The molecule has 1 aromatic rings. The molecule has 0 aliphatic carbocycles. The topological polar surface area (TPSA) is 22.0 Å². The molecule has 0 aromatic carbocycles. The van der Waals surface area contributed by atoms with Gasteiger partial charge in [-0.2, -0.15) is 8.78 Å². The van der Waals surface area contributed by atoms with Gasteiger partial charge in [0.05, 0.1) is 0 Å². The number of aryl methyl sites for hydroxylation is 1. The molecule has 0 unspecified atom stereocenters. The summed E-state index contributed by atoms with van der Waals surface area (Å²) in [5.41, 5.74) is -0.0393. The number of nitrogens with zero attached hydrogens (tertiary/aromatic N) is 1. The highest BCUT2D eigenvalue weighted by molar-refractivity contribution is 9.10. The van der Waals surface area contributed by atoms with Crippen molar-refractivity contribution in [3.05, 3.63) is 32.7 Å². The van der Waals surface area contributed by atoms with E-state index in [1.54, 1.807) is 6.92 Å². The van der Waals surface area contributed by atoms with Gasteiger partial charge in [0.2, 0.25) is 0 Å². The molecule has 0 fully saturated rings. The third-order valence-corrected chi connectivity index (χ3v) is 2.26. The van der Waals surface area contributed by atoms with Gasteiger partial charge in [0.1, 0.15) is 0 Å². The molecular weight excluding hydrogens is 232 g/mol. The first-order chi connectivity index (χ1) is 5.52. The van der Waals surface area contributed by atoms with Crippen LogP contribution in [0.2, 0.25) is 0 Å². The molecule has 0 saturated carbocycles. The molecule has 0 bridgehead atoms. The summed E-state index contributed by atoms with van der Waals surface area (Å²) in [5, 5.41) is 0. The van der Waals surface area contributed by atoms with E-state index in [1.807, 2.05) is 0 Å². The summed E-state index contributed by atoms with van der Waals surface area (Å²) in [5.74, 6) is 0. The average molecular weight is 238 g/mol. The van der Waals surface area contributed by atoms with E-state index in [-0.39, 0.29) is 0 Å². The fraction of sp³-hybridized carbons (Fsp3) is 0.286. The van der Waals surface area contributed by atoms with Crippen LogP contribution in [0, 0.1) is 6.92 Å². The van der Waals surface area contributed by atoms with Gasteiger partial charge in [0.15, 0.2) is 0 Å². The van der Waals surface area contributed by atoms with E-state index in [0.717, 1.165) is 12.3 Å². The van der Waals surface area contributed by atoms with Crippen LogP contribution in [0.25, 0.3) is 0 Å². The van der Waals surface area contributed by atoms with Gasteiger partial charge in [-0.15, -0.1) is 0 Å². The molecule has 12 heavy (non-hydrogen) atoms. The standard InChI is InChI=1S/C7H6BrF2NO/c1-4-2-6(12)11(7(9)10)3-5(4)8/h2-3,7H,1H3. The molecule has 0 atom stereocenters. The van der Waals surface area contributed by atoms with Crippen molar-refractivity contribution >= 4 is 15.9 Å². The second-order valence-corrected chi connectivity index (χ2v) is 3.18. The van der Waals surface area contributed by atoms with Crippen LogP contribution in [0.1, 0.15) is 12.1 Å². The van der Waals surface area contributed by atoms with Gasteiger partial charge in [-0.25, -0.2) is 0 Å². The Morgan fingerprint density at radius 2 is 2.17 bits per heavy atom. The molecule has 66 valence electrons. The predicted octanol–water partition coefficient (Wildman–Crippen LogP) is 2.31. The first-order valence-corrected chi connectivity index (χ1v) is 3.98. The van der Waals surface area contributed by atoms with Gasteiger partial charge in [0, 0.05) is 16.7 Å². The van der Waals surface area contributed by atoms with Crippen LogP contribution in [0.4, 0.5) is 8.78 Å². The van der Waals surface area contributed by atoms with E-state index in [9.17, 15) is 13.6 Å². The molecule has 1 aromatic heterocycles. The Kier molecular flexibility index (Phi) is 2.62. The van der Waals surface area contributed by atoms with E-state index >= 15 is 0 Å². The summed E-state index contributed by atoms with van der Waals surface area (Å²) in [6, 6.07) is 1.16. The van der Waals surface area contributed by atoms with Crippen molar-refractivity contribution in [1.29, 1.82) is 0 Å². The Bertz CT molecular complexity index is 348. The SMILES string of the molecule is Cc1cc(=O)n(C(F)F)cc1Br. The summed E-state index contributed by atoms with van der Waals surface area (Å²) < 4.78 is 25.0. The van der Waals surface area contributed by atoms with Gasteiger partial charge in [-0.1, -0.05) is 0 Å². The highest BCUT2D eigenvalue weighted by atomic mass is 79.9. The van der Waals surface area contributed by atoms with Crippen molar-refractivity contribution in [2.45, 2.75) is 13.5 Å². The fourth-order valence-electron chi connectivity index (χ4n) is 0.769. The molecular formula is C7H6BrF2NO. The molecule has 1 heterocycles. The highest BCUT2D eigenvalue weighted by Gasteiger charge is 2.08. The van der Waals surface area contributed by atoms with E-state index in [1.165, 1.54) is 0 Å². The maximum Gasteiger partial charge on any atom is 0.321 e. The predicted molar refractivity (Wildman–Crippen MR) is 44.4 cm³/mol. The molecule has 0 radical (unpaired) electrons. The van der Waals surface area contributed by atoms with Crippen LogP contribution in [0.15, 0.2) is 21.5 Å². The summed E-state index contributed by atoms with van der Waals surface area (Å²) in [6.45, 7) is -1.12. The van der Waals surface area contributed by atoms with Crippen molar-refractivity contribution in [3.8, 4) is 0 Å². The molecule has 0 N–H and O–H groups in total. The van der Waals surface area contributed by atoms with Gasteiger partial charge in [-0.3, -0.25) is 9.36 Å². The lowest BCUT2D eigenvalue weighted by molar-refractivity contribution is 0.0661. The lowest BCUT2D eigenvalue weighted by Crippen LogP contribution is -2.19. The van der Waals surface area contributed by atoms with Gasteiger partial charge >= 0.3 is 6.55 Å². The summed E-state index contributed by atoms with van der Waals surface area (Å²) >= 11 is 3.06. The Balaban J connectivity index is 3.33. The molecule has 5 heteroatoms. The number of hydrogen-bond donors (Lipinski definition) is 0. The molecule has 0 spiro atoms. The van der Waals surface area contributed by atoms with Gasteiger partial charge < -0.3 is 0 Å². The monoisotopic (exact) mass is 237 g/mol. The Morgan fingerprint density at radius 3 is 2.67 bits per heavy atom. The van der Waals surface area contributed by atoms with Crippen LogP contribution >= 0.6 is 15.9 Å². The molecule has 0 saturated heterocycles. The third kappa shape index (κ3) is 1.72. The van der Waals surface area contributed by atoms with Crippen molar-refractivity contribution < 1.29 is 8.78 Å². The van der Waals surface area contributed by atoms with Gasteiger partial charge in [0.25, 0.3) is 5.56 Å². The second kappa shape index (κ2) is 3.35. The Labute approximate surface area is 76.0 Å². The van der Waals surface area contributed by atoms with Crippen LogP contribution < -0.4 is 5.56 Å². The van der Waals surface area contributed by atoms with Crippen LogP contribution in [-0.4, -0.2) is 4.57 Å². The number of rotatable bonds is 1. The molecule has 0 amide bonds. The Hall–Kier alpha value is -0.710. The normalized spacial score (nSPS) is 10.8. The van der Waals surface area contributed by atoms with Crippen LogP contribution in [0.5, 0.6) is 0 Å². The van der Waals surface area contributed by atoms with E-state index in [4.69, 9.17) is 0 Å². The smallest absolute Gasteiger partial charge is 0.269 e. The number of alkyl halides is 2. The molecule has 0 aliphatic heterocycles. The van der Waals surface area contributed by atoms with Crippen LogP contribution in [0.3, 0.4) is 0 Å². The quantitative estimate of drug-likeness (QED) is 0.735. The van der Waals surface area contributed by atoms with Crippen molar-refractivity contribution in [1.82, 2.24) is 4.57 Å². The minimum Gasteiger partial charge on any atom is -0.269 e. The number of halogens is 3. The average Bonchev–Trinajstić information content (AvgIpc) is 1.96. The summed E-state index contributed by atoms with van der Waals surface area (Å²) in [7, 11) is 0. The van der Waals surface area contributed by atoms with E-state index in [0.29, 0.717) is 14.6 Å². The first-order valence-electron chi connectivity index (χ1n) is 3.19. The maximum absolute atomic E-state index is 12.1. The molecule has 2 nitrogen and oxygen atoms in total. The third-order valence-electron chi connectivity index (χ3n) is 1.43. The zero-order chi connectivity index (χ0) is 9.30. The lowest BCUT2D eigenvalue weighted by atomic mass is 10.3. The summed E-state index contributed by atoms with van der Waals surface area (Å²) in [6.07, 6.45) is 1.09. The molecule has 1 rings (SSSR count). The second-order valence-electron chi connectivity index (χ2n) is 2.33. The number of aromatic nitrogens is 1. The van der Waals surface area contributed by atoms with Crippen molar-refractivity contribution in [3.63, 3.8) is 0 Å². The zero-order valence-corrected chi connectivity index (χ0v) is 7.81. The minimum atomic E-state index is -2.78. The maximum atomic E-state index is 12.1. The van der Waals surface area contributed by atoms with E-state index < -0.39 is 12.1 Å². The largest absolute Gasteiger partial charge is 0.321 e. The minimum absolute atomic E-state index is 0.372. The number of hydrogen-bond acceptors (Lipinski definition) is 1. The van der Waals surface area contributed by atoms with Crippen molar-refractivity contribution in [2.24, 2.45) is 0 Å². The lowest BCUT2D eigenvalue weighted by Gasteiger charge is -2.05. The van der Waals surface area contributed by atoms with Gasteiger partial charge in [-0.05, 0) is 28.4 Å². The fourth-order valence-corrected chi connectivity index (χ4v) is 1.10. The van der Waals surface area contributed by atoms with E-state index in [2.05, 4.69) is 15.9 Å².